The summed E-state index contributed by atoms with van der Waals surface area (Å²) in [6.07, 6.45) is 0. The summed E-state index contributed by atoms with van der Waals surface area (Å²) in [5.41, 5.74) is 0.915. The molecule has 0 saturated carbocycles. The van der Waals surface area contributed by atoms with Crippen LogP contribution in [0.1, 0.15) is 10.6 Å². The fraction of sp³-hybridized carbons (Fsp3) is 0.200. The Balaban J connectivity index is 1.81. The number of nitrogens with one attached hydrogen (secondary N) is 2. The van der Waals surface area contributed by atoms with Crippen molar-refractivity contribution >= 4 is 33.9 Å². The number of thiophene rings is 1. The summed E-state index contributed by atoms with van der Waals surface area (Å²) in [5.74, 6) is 0. The number of carbonyl (C=O) groups is 1. The fourth-order valence-corrected chi connectivity index (χ4v) is 2.46. The van der Waals surface area contributed by atoms with Gasteiger partial charge in [0.05, 0.1) is 12.2 Å². The van der Waals surface area contributed by atoms with Crippen molar-refractivity contribution in [1.29, 1.82) is 0 Å². The summed E-state index contributed by atoms with van der Waals surface area (Å²) in [6.45, 7) is 2.45. The predicted octanol–water partition coefficient (Wildman–Crippen LogP) is 2.83. The van der Waals surface area contributed by atoms with Crippen molar-refractivity contribution in [3.8, 4) is 0 Å². The normalized spacial score (nSPS) is 10.1. The Bertz CT molecular complexity index is 464. The van der Waals surface area contributed by atoms with Gasteiger partial charge in [0.2, 0.25) is 0 Å². The summed E-state index contributed by atoms with van der Waals surface area (Å²) in [4.78, 5) is 12.6. The number of urea groups is 1. The van der Waals surface area contributed by atoms with E-state index in [9.17, 15) is 4.79 Å². The number of anilines is 1. The fourth-order valence-electron chi connectivity index (χ4n) is 1.16. The first-order valence-corrected chi connectivity index (χ1v) is 6.40. The minimum absolute atomic E-state index is 0.197. The van der Waals surface area contributed by atoms with E-state index in [1.165, 1.54) is 11.5 Å². The molecule has 6 heteroatoms. The van der Waals surface area contributed by atoms with Gasteiger partial charge in [-0.25, -0.2) is 4.79 Å². The number of hydrogen-bond acceptors (Lipinski definition) is 4. The molecule has 2 heterocycles. The van der Waals surface area contributed by atoms with Crippen molar-refractivity contribution < 1.29 is 4.79 Å². The first-order valence-electron chi connectivity index (χ1n) is 4.74. The highest BCUT2D eigenvalue weighted by molar-refractivity contribution is 7.10. The molecule has 2 N–H and O–H groups in total. The van der Waals surface area contributed by atoms with Gasteiger partial charge in [0.1, 0.15) is 5.00 Å². The van der Waals surface area contributed by atoms with Crippen molar-refractivity contribution in [2.75, 3.05) is 5.32 Å². The Morgan fingerprint density at radius 3 is 3.06 bits per heavy atom. The lowest BCUT2D eigenvalue weighted by Gasteiger charge is -2.03. The third-order valence-corrected chi connectivity index (χ3v) is 3.54. The van der Waals surface area contributed by atoms with E-state index in [0.29, 0.717) is 6.54 Å². The second kappa shape index (κ2) is 5.09. The highest BCUT2D eigenvalue weighted by Gasteiger charge is 2.04. The summed E-state index contributed by atoms with van der Waals surface area (Å²) >= 11 is 2.90. The van der Waals surface area contributed by atoms with E-state index >= 15 is 0 Å². The molecule has 0 aliphatic rings. The molecule has 0 spiro atoms. The quantitative estimate of drug-likeness (QED) is 0.883. The maximum absolute atomic E-state index is 11.5. The van der Waals surface area contributed by atoms with E-state index in [4.69, 9.17) is 0 Å². The van der Waals surface area contributed by atoms with E-state index in [-0.39, 0.29) is 6.03 Å². The van der Waals surface area contributed by atoms with Crippen LogP contribution in [0.5, 0.6) is 0 Å². The summed E-state index contributed by atoms with van der Waals surface area (Å²) in [5, 5.41) is 8.27. The average Bonchev–Trinajstić information content (AvgIpc) is 2.87. The van der Waals surface area contributed by atoms with Crippen LogP contribution in [-0.2, 0) is 6.54 Å². The van der Waals surface area contributed by atoms with E-state index in [1.807, 2.05) is 30.5 Å². The zero-order chi connectivity index (χ0) is 11.4. The van der Waals surface area contributed by atoms with Gasteiger partial charge in [0, 0.05) is 4.88 Å². The molecule has 4 nitrogen and oxygen atoms in total. The standard InChI is InChI=1S/C10H11N3OS2/c1-7-5-9(16-13-7)12-10(14)11-6-8-3-2-4-15-8/h2-5H,6H2,1H3,(H2,11,12,14). The van der Waals surface area contributed by atoms with Crippen molar-refractivity contribution in [3.05, 3.63) is 34.2 Å². The molecule has 2 aromatic rings. The predicted molar refractivity (Wildman–Crippen MR) is 67.0 cm³/mol. The maximum atomic E-state index is 11.5. The SMILES string of the molecule is Cc1cc(NC(=O)NCc2cccs2)sn1. The zero-order valence-corrected chi connectivity index (χ0v) is 10.3. The van der Waals surface area contributed by atoms with Gasteiger partial charge in [-0.2, -0.15) is 4.37 Å². The van der Waals surface area contributed by atoms with Crippen LogP contribution in [0.15, 0.2) is 23.6 Å². The second-order valence-electron chi connectivity index (χ2n) is 3.22. The molecule has 0 fully saturated rings. The van der Waals surface area contributed by atoms with Crippen LogP contribution in [0.25, 0.3) is 0 Å². The van der Waals surface area contributed by atoms with E-state index in [0.717, 1.165) is 15.6 Å². The zero-order valence-electron chi connectivity index (χ0n) is 8.69. The molecule has 0 atom stereocenters. The molecular weight excluding hydrogens is 242 g/mol. The van der Waals surface area contributed by atoms with E-state index in [2.05, 4.69) is 15.0 Å². The monoisotopic (exact) mass is 253 g/mol. The smallest absolute Gasteiger partial charge is 0.320 e. The third-order valence-electron chi connectivity index (χ3n) is 1.87. The van der Waals surface area contributed by atoms with Gasteiger partial charge in [0.15, 0.2) is 0 Å². The lowest BCUT2D eigenvalue weighted by atomic mass is 10.4. The van der Waals surface area contributed by atoms with Gasteiger partial charge in [-0.1, -0.05) is 6.07 Å². The lowest BCUT2D eigenvalue weighted by Crippen LogP contribution is -2.27. The van der Waals surface area contributed by atoms with Crippen molar-refractivity contribution in [3.63, 3.8) is 0 Å². The molecule has 0 aliphatic heterocycles. The molecule has 0 radical (unpaired) electrons. The van der Waals surface area contributed by atoms with Gasteiger partial charge >= 0.3 is 6.03 Å². The molecule has 16 heavy (non-hydrogen) atoms. The molecule has 84 valence electrons. The second-order valence-corrected chi connectivity index (χ2v) is 5.06. The van der Waals surface area contributed by atoms with E-state index in [1.54, 1.807) is 11.3 Å². The van der Waals surface area contributed by atoms with Crippen LogP contribution in [0, 0.1) is 6.92 Å². The first-order chi connectivity index (χ1) is 7.74. The number of carbonyl (C=O) groups excluding carboxylic acids is 1. The highest BCUT2D eigenvalue weighted by Crippen LogP contribution is 2.15. The highest BCUT2D eigenvalue weighted by atomic mass is 32.1. The number of aromatic nitrogens is 1. The molecule has 0 aliphatic carbocycles. The number of nitrogens with zero attached hydrogens (tertiary/aromatic N) is 1. The van der Waals surface area contributed by atoms with Crippen LogP contribution < -0.4 is 10.6 Å². The van der Waals surface area contributed by atoms with Crippen LogP contribution in [0.3, 0.4) is 0 Å². The Hall–Kier alpha value is -1.40. The largest absolute Gasteiger partial charge is 0.333 e. The van der Waals surface area contributed by atoms with Gasteiger partial charge in [0.25, 0.3) is 0 Å². The molecule has 0 bridgehead atoms. The maximum Gasteiger partial charge on any atom is 0.320 e. The van der Waals surface area contributed by atoms with Crippen molar-refractivity contribution in [1.82, 2.24) is 9.69 Å². The molecule has 2 rings (SSSR count). The minimum Gasteiger partial charge on any atom is -0.333 e. The number of aryl methyl sites for hydroxylation is 1. The summed E-state index contributed by atoms with van der Waals surface area (Å²) < 4.78 is 4.08. The lowest BCUT2D eigenvalue weighted by molar-refractivity contribution is 0.252. The molecule has 2 amide bonds. The van der Waals surface area contributed by atoms with Crippen LogP contribution >= 0.6 is 22.9 Å². The third kappa shape index (κ3) is 3.04. The van der Waals surface area contributed by atoms with Gasteiger partial charge in [-0.05, 0) is 36.0 Å². The Kier molecular flexibility index (Phi) is 3.53. The van der Waals surface area contributed by atoms with Crippen LogP contribution in [-0.4, -0.2) is 10.4 Å². The Labute approximate surface area is 101 Å². The molecular formula is C10H11N3OS2. The van der Waals surface area contributed by atoms with Crippen molar-refractivity contribution in [2.45, 2.75) is 13.5 Å². The molecule has 2 aromatic heterocycles. The topological polar surface area (TPSA) is 54.0 Å². The van der Waals surface area contributed by atoms with Crippen molar-refractivity contribution in [2.24, 2.45) is 0 Å². The van der Waals surface area contributed by atoms with E-state index < -0.39 is 0 Å². The van der Waals surface area contributed by atoms with Gasteiger partial charge in [-0.15, -0.1) is 11.3 Å². The van der Waals surface area contributed by atoms with Gasteiger partial charge < -0.3 is 5.32 Å². The average molecular weight is 253 g/mol. The van der Waals surface area contributed by atoms with Gasteiger partial charge in [-0.3, -0.25) is 5.32 Å². The minimum atomic E-state index is -0.197. The number of hydrogen-bond donors (Lipinski definition) is 2. The first kappa shape index (κ1) is 11.1. The summed E-state index contributed by atoms with van der Waals surface area (Å²) in [7, 11) is 0. The molecule has 0 saturated heterocycles. The summed E-state index contributed by atoms with van der Waals surface area (Å²) in [6, 6.07) is 5.60. The number of rotatable bonds is 3. The molecule has 0 unspecified atom stereocenters. The number of amides is 2. The molecule has 0 aromatic carbocycles. The Morgan fingerprint density at radius 1 is 1.56 bits per heavy atom. The van der Waals surface area contributed by atoms with Crippen LogP contribution in [0.4, 0.5) is 9.80 Å². The Morgan fingerprint density at radius 2 is 2.44 bits per heavy atom. The van der Waals surface area contributed by atoms with Crippen LogP contribution in [0.2, 0.25) is 0 Å².